The fourth-order valence-electron chi connectivity index (χ4n) is 5.56. The Morgan fingerprint density at radius 1 is 1.16 bits per heavy atom. The average Bonchev–Trinajstić information content (AvgIpc) is 3.80. The Kier molecular flexibility index (Phi) is 8.69. The highest BCUT2D eigenvalue weighted by molar-refractivity contribution is 5.86. The van der Waals surface area contributed by atoms with Gasteiger partial charge < -0.3 is 14.4 Å². The minimum atomic E-state index is -0.641. The summed E-state index contributed by atoms with van der Waals surface area (Å²) in [6.45, 7) is 3.74. The van der Waals surface area contributed by atoms with E-state index in [9.17, 15) is 14.9 Å². The zero-order valence-corrected chi connectivity index (χ0v) is 24.6. The van der Waals surface area contributed by atoms with E-state index in [1.165, 1.54) is 4.57 Å². The number of fused-ring (bicyclic) bond motifs is 1. The normalized spacial score (nSPS) is 18.1. The molecular weight excluding hydrogens is 548 g/mol. The molecule has 2 atom stereocenters. The fourth-order valence-corrected chi connectivity index (χ4v) is 5.56. The summed E-state index contributed by atoms with van der Waals surface area (Å²) in [4.78, 5) is 39.3. The molecule has 2 aliphatic rings. The molecule has 0 saturated carbocycles. The fraction of sp³-hybridized carbons (Fsp3) is 0.452. The molecule has 1 saturated heterocycles. The Balaban J connectivity index is 1.34. The number of aromatic nitrogens is 3. The van der Waals surface area contributed by atoms with Gasteiger partial charge >= 0.3 is 11.7 Å². The van der Waals surface area contributed by atoms with Crippen LogP contribution < -0.4 is 15.3 Å². The lowest BCUT2D eigenvalue weighted by Crippen LogP contribution is -2.54. The van der Waals surface area contributed by atoms with Gasteiger partial charge in [0.2, 0.25) is 0 Å². The molecule has 2 aromatic heterocycles. The lowest BCUT2D eigenvalue weighted by molar-refractivity contribution is -0.151. The number of anilines is 1. The molecule has 3 aromatic rings. The number of hydrogen-bond donors (Lipinski definition) is 0. The molecule has 0 amide bonds. The number of pyridine rings is 1. The third-order valence-electron chi connectivity index (χ3n) is 8.02. The van der Waals surface area contributed by atoms with Gasteiger partial charge in [0, 0.05) is 45.6 Å². The van der Waals surface area contributed by atoms with E-state index in [1.807, 2.05) is 36.1 Å². The number of carbonyl (C=O) groups excluding carboxylic acids is 1. The first-order valence-corrected chi connectivity index (χ1v) is 14.3. The number of aryl methyl sites for hydroxylation is 1. The third kappa shape index (κ3) is 6.35. The van der Waals surface area contributed by atoms with Gasteiger partial charge in [-0.15, -0.1) is 12.3 Å². The van der Waals surface area contributed by atoms with E-state index in [4.69, 9.17) is 15.9 Å². The zero-order chi connectivity index (χ0) is 30.6. The number of hydrogen-bond acceptors (Lipinski definition) is 11. The number of piperazine rings is 1. The van der Waals surface area contributed by atoms with E-state index < -0.39 is 17.4 Å². The van der Waals surface area contributed by atoms with Gasteiger partial charge in [-0.3, -0.25) is 9.47 Å². The van der Waals surface area contributed by atoms with Gasteiger partial charge in [-0.05, 0) is 49.6 Å². The Bertz CT molecular complexity index is 1660. The van der Waals surface area contributed by atoms with Crippen LogP contribution in [0.5, 0.6) is 5.75 Å². The molecule has 0 bridgehead atoms. The largest absolute Gasteiger partial charge is 0.497 e. The minimum absolute atomic E-state index is 0.133. The summed E-state index contributed by atoms with van der Waals surface area (Å²) in [5.74, 6) is 3.41. The van der Waals surface area contributed by atoms with Crippen molar-refractivity contribution in [1.82, 2.24) is 19.4 Å². The number of nitriles is 1. The number of rotatable bonds is 11. The summed E-state index contributed by atoms with van der Waals surface area (Å²) >= 11 is 0. The minimum Gasteiger partial charge on any atom is -0.497 e. The van der Waals surface area contributed by atoms with E-state index in [0.717, 1.165) is 5.56 Å². The molecule has 2 aliphatic heterocycles. The first-order valence-electron chi connectivity index (χ1n) is 14.3. The number of ether oxygens (including phenoxy) is 2. The van der Waals surface area contributed by atoms with Crippen LogP contribution >= 0.6 is 0 Å². The first-order chi connectivity index (χ1) is 20.8. The number of carbonyl (C=O) groups is 1. The Hall–Kier alpha value is -4.81. The molecule has 2 unspecified atom stereocenters. The average molecular weight is 583 g/mol. The van der Waals surface area contributed by atoms with Gasteiger partial charge in [0.25, 0.3) is 0 Å². The number of terminal acetylenes is 1. The predicted octanol–water partition coefficient (Wildman–Crippen LogP) is 3.36. The molecule has 43 heavy (non-hydrogen) atoms. The molecule has 12 heteroatoms. The molecule has 0 radical (unpaired) electrons. The van der Waals surface area contributed by atoms with Gasteiger partial charge in [-0.2, -0.15) is 20.5 Å². The van der Waals surface area contributed by atoms with Crippen molar-refractivity contribution in [2.45, 2.75) is 50.4 Å². The van der Waals surface area contributed by atoms with Crippen LogP contribution in [0.3, 0.4) is 0 Å². The second-order valence-corrected chi connectivity index (χ2v) is 10.8. The summed E-state index contributed by atoms with van der Waals surface area (Å²) in [5.41, 5.74) is 1.30. The van der Waals surface area contributed by atoms with Crippen LogP contribution in [-0.2, 0) is 16.6 Å². The second kappa shape index (κ2) is 12.6. The molecule has 4 heterocycles. The maximum Gasteiger partial charge on any atom is 0.349 e. The van der Waals surface area contributed by atoms with Gasteiger partial charge in [-0.1, -0.05) is 12.1 Å². The smallest absolute Gasteiger partial charge is 0.349 e. The van der Waals surface area contributed by atoms with Crippen LogP contribution in [0, 0.1) is 23.7 Å². The molecular formula is C31H34N8O4. The Morgan fingerprint density at radius 2 is 1.93 bits per heavy atom. The Labute approximate surface area is 250 Å². The zero-order valence-electron chi connectivity index (χ0n) is 24.6. The van der Waals surface area contributed by atoms with Crippen molar-refractivity contribution in [2.75, 3.05) is 38.3 Å². The topological polar surface area (TPSA) is 138 Å². The standard InChI is InChI=1S/C31H34N8O4/c1-5-6-14-31(35-36-31)15-7-18-43-29(40)27(22-8-11-24(42-4)12-9-22)38-16-17-39(21(2)20-38)28-26-25(37(3)30(41)34-28)13-10-23(19-32)33-26/h1,8-13,21,27H,6-7,14-18,20H2,2-4H3. The second-order valence-electron chi connectivity index (χ2n) is 10.8. The van der Waals surface area contributed by atoms with E-state index in [1.54, 1.807) is 26.3 Å². The van der Waals surface area contributed by atoms with Crippen LogP contribution in [0.4, 0.5) is 5.82 Å². The molecule has 1 fully saturated rings. The summed E-state index contributed by atoms with van der Waals surface area (Å²) < 4.78 is 12.6. The molecule has 0 aliphatic carbocycles. The number of methoxy groups -OCH3 is 1. The number of benzene rings is 1. The molecule has 12 nitrogen and oxygen atoms in total. The van der Waals surface area contributed by atoms with Crippen LogP contribution in [0.2, 0.25) is 0 Å². The van der Waals surface area contributed by atoms with Crippen LogP contribution in [0.1, 0.15) is 49.9 Å². The van der Waals surface area contributed by atoms with Gasteiger partial charge in [0.1, 0.15) is 29.1 Å². The monoisotopic (exact) mass is 582 g/mol. The first kappa shape index (κ1) is 29.7. The summed E-state index contributed by atoms with van der Waals surface area (Å²) in [6, 6.07) is 12.0. The summed E-state index contributed by atoms with van der Waals surface area (Å²) in [6.07, 6.45) is 8.01. The third-order valence-corrected chi connectivity index (χ3v) is 8.02. The van der Waals surface area contributed by atoms with Crippen molar-refractivity contribution in [3.8, 4) is 24.2 Å². The summed E-state index contributed by atoms with van der Waals surface area (Å²) in [7, 11) is 3.23. The van der Waals surface area contributed by atoms with Gasteiger partial charge in [0.05, 0.1) is 19.2 Å². The van der Waals surface area contributed by atoms with Crippen LogP contribution in [0.15, 0.2) is 51.4 Å². The quantitative estimate of drug-likeness (QED) is 0.189. The van der Waals surface area contributed by atoms with E-state index >= 15 is 0 Å². The molecule has 222 valence electrons. The Morgan fingerprint density at radius 3 is 2.58 bits per heavy atom. The summed E-state index contributed by atoms with van der Waals surface area (Å²) in [5, 5.41) is 17.7. The molecule has 0 spiro atoms. The van der Waals surface area contributed by atoms with E-state index in [-0.39, 0.29) is 24.3 Å². The van der Waals surface area contributed by atoms with Gasteiger partial charge in [0.15, 0.2) is 11.5 Å². The predicted molar refractivity (Wildman–Crippen MR) is 159 cm³/mol. The highest BCUT2D eigenvalue weighted by atomic mass is 16.5. The maximum atomic E-state index is 13.6. The molecule has 0 N–H and O–H groups in total. The van der Waals surface area contributed by atoms with Crippen molar-refractivity contribution in [2.24, 2.45) is 17.3 Å². The SMILES string of the molecule is C#CCCC1(CCCOC(=O)C(c2ccc(OC)cc2)N2CCN(c3nc(=O)n(C)c4ccc(C#N)nc34)C(C)C2)N=N1. The van der Waals surface area contributed by atoms with Crippen molar-refractivity contribution < 1.29 is 14.3 Å². The van der Waals surface area contributed by atoms with Crippen molar-refractivity contribution in [1.29, 1.82) is 5.26 Å². The van der Waals surface area contributed by atoms with Crippen LogP contribution in [0.25, 0.3) is 11.0 Å². The van der Waals surface area contributed by atoms with Crippen molar-refractivity contribution in [3.05, 3.63) is 58.1 Å². The lowest BCUT2D eigenvalue weighted by Gasteiger charge is -2.43. The van der Waals surface area contributed by atoms with E-state index in [2.05, 4.69) is 37.1 Å². The highest BCUT2D eigenvalue weighted by Crippen LogP contribution is 2.37. The highest BCUT2D eigenvalue weighted by Gasteiger charge is 2.39. The van der Waals surface area contributed by atoms with Crippen molar-refractivity contribution in [3.63, 3.8) is 0 Å². The molecule has 5 rings (SSSR count). The van der Waals surface area contributed by atoms with Crippen molar-refractivity contribution >= 4 is 22.8 Å². The van der Waals surface area contributed by atoms with E-state index in [0.29, 0.717) is 67.9 Å². The van der Waals surface area contributed by atoms with Gasteiger partial charge in [-0.25, -0.2) is 14.6 Å². The maximum absolute atomic E-state index is 13.6. The lowest BCUT2D eigenvalue weighted by atomic mass is 10.0. The molecule has 1 aromatic carbocycles. The number of esters is 1. The number of nitrogens with zero attached hydrogens (tertiary/aromatic N) is 8. The van der Waals surface area contributed by atoms with Crippen LogP contribution in [-0.4, -0.2) is 70.5 Å².